The molecule has 1 aromatic carbocycles. The minimum absolute atomic E-state index is 0.0180. The van der Waals surface area contributed by atoms with Gasteiger partial charge in [-0.2, -0.15) is 0 Å². The molecule has 1 aliphatic heterocycles. The predicted molar refractivity (Wildman–Crippen MR) is 92.0 cm³/mol. The molecule has 26 heavy (non-hydrogen) atoms. The second-order valence-corrected chi connectivity index (χ2v) is 5.37. The summed E-state index contributed by atoms with van der Waals surface area (Å²) in [6.45, 7) is 0.245. The van der Waals surface area contributed by atoms with Crippen LogP contribution in [0.1, 0.15) is 22.5 Å². The van der Waals surface area contributed by atoms with Crippen LogP contribution in [0.4, 0.5) is 0 Å². The Morgan fingerprint density at radius 3 is 2.73 bits per heavy atom. The minimum Gasteiger partial charge on any atom is -0.504 e. The highest BCUT2D eigenvalue weighted by Gasteiger charge is 2.21. The van der Waals surface area contributed by atoms with Gasteiger partial charge in [0.25, 0.3) is 0 Å². The lowest BCUT2D eigenvalue weighted by atomic mass is 10.0. The highest BCUT2D eigenvalue weighted by molar-refractivity contribution is 6.01. The molecule has 2 aromatic rings. The van der Waals surface area contributed by atoms with E-state index in [4.69, 9.17) is 19.0 Å². The topological polar surface area (TPSA) is 95.2 Å². The maximum absolute atomic E-state index is 11.7. The van der Waals surface area contributed by atoms with Crippen molar-refractivity contribution in [2.45, 2.75) is 6.42 Å². The molecule has 134 valence electrons. The number of hydrogen-bond acceptors (Lipinski definition) is 6. The fourth-order valence-corrected chi connectivity index (χ4v) is 2.45. The van der Waals surface area contributed by atoms with Gasteiger partial charge in [0.15, 0.2) is 17.3 Å². The molecule has 1 aromatic heterocycles. The second-order valence-electron chi connectivity index (χ2n) is 5.37. The van der Waals surface area contributed by atoms with Crippen LogP contribution in [0.2, 0.25) is 0 Å². The molecule has 1 aliphatic carbocycles. The molecule has 4 rings (SSSR count). The van der Waals surface area contributed by atoms with Crippen molar-refractivity contribution >= 4 is 17.8 Å². The van der Waals surface area contributed by atoms with Crippen LogP contribution in [-0.4, -0.2) is 30.8 Å². The van der Waals surface area contributed by atoms with Gasteiger partial charge < -0.3 is 23.7 Å². The number of carbonyl (C=O) groups is 2. The van der Waals surface area contributed by atoms with Gasteiger partial charge in [-0.05, 0) is 24.3 Å². The van der Waals surface area contributed by atoms with Gasteiger partial charge in [0, 0.05) is 17.5 Å². The van der Waals surface area contributed by atoms with Gasteiger partial charge in [0.1, 0.15) is 5.76 Å². The lowest BCUT2D eigenvalue weighted by molar-refractivity contribution is -0.131. The number of aliphatic carboxylic acids is 1. The summed E-state index contributed by atoms with van der Waals surface area (Å²) in [6, 6.07) is 7.48. The van der Waals surface area contributed by atoms with Gasteiger partial charge in [-0.1, -0.05) is 12.2 Å². The number of ketones is 1. The first-order valence-corrected chi connectivity index (χ1v) is 7.74. The van der Waals surface area contributed by atoms with E-state index in [1.807, 2.05) is 36.4 Å². The number of hydrogen-bond donors (Lipinski definition) is 1. The molecule has 0 saturated heterocycles. The molecule has 1 N–H and O–H groups in total. The normalized spacial score (nSPS) is 14.0. The van der Waals surface area contributed by atoms with E-state index in [0.717, 1.165) is 29.2 Å². The van der Waals surface area contributed by atoms with Gasteiger partial charge in [-0.3, -0.25) is 4.79 Å². The number of rotatable bonds is 3. The van der Waals surface area contributed by atoms with E-state index in [-0.39, 0.29) is 12.6 Å². The van der Waals surface area contributed by atoms with E-state index in [0.29, 0.717) is 23.7 Å². The molecule has 7 heteroatoms. The van der Waals surface area contributed by atoms with Crippen LogP contribution in [0, 0.1) is 0 Å². The Morgan fingerprint density at radius 1 is 1.23 bits per heavy atom. The third-order valence-corrected chi connectivity index (χ3v) is 3.62. The fraction of sp³-hybridized carbons (Fsp3) is 0.158. The van der Waals surface area contributed by atoms with E-state index in [1.54, 1.807) is 0 Å². The number of benzene rings is 1. The van der Waals surface area contributed by atoms with Crippen molar-refractivity contribution in [3.05, 3.63) is 54.0 Å². The van der Waals surface area contributed by atoms with E-state index >= 15 is 0 Å². The number of carbonyl (C=O) groups excluding carboxylic acids is 1. The number of carboxylic acid groups (broad SMARTS) is 1. The van der Waals surface area contributed by atoms with Gasteiger partial charge in [0.2, 0.25) is 12.6 Å². The molecular formula is C19H16O7. The first-order valence-electron chi connectivity index (χ1n) is 7.74. The van der Waals surface area contributed by atoms with Crippen molar-refractivity contribution in [2.24, 2.45) is 0 Å². The SMILES string of the molecule is CO/C=C/C(=O)O.O=C1CC=Cc2cc(-c3ccc4c(c3)OCO4)oc21. The Bertz CT molecular complexity index is 889. The lowest BCUT2D eigenvalue weighted by Crippen LogP contribution is -2.00. The minimum atomic E-state index is -0.998. The monoisotopic (exact) mass is 356 g/mol. The van der Waals surface area contributed by atoms with Crippen LogP contribution in [-0.2, 0) is 9.53 Å². The standard InChI is InChI=1S/C15H10O4.C4H6O3/c16-11-3-1-2-10-7-13(19-15(10)11)9-4-5-12-14(6-9)18-8-17-12;1-7-3-2-4(5)6/h1-2,4-7H,3,8H2;2-3H,1H3,(H,5,6)/b;3-2+. The van der Waals surface area contributed by atoms with Gasteiger partial charge in [-0.15, -0.1) is 0 Å². The van der Waals surface area contributed by atoms with E-state index in [2.05, 4.69) is 4.74 Å². The van der Waals surface area contributed by atoms with Gasteiger partial charge in [-0.25, -0.2) is 4.79 Å². The van der Waals surface area contributed by atoms with Crippen LogP contribution in [0.15, 0.2) is 47.1 Å². The van der Waals surface area contributed by atoms with E-state index < -0.39 is 5.97 Å². The molecular weight excluding hydrogens is 340 g/mol. The number of fused-ring (bicyclic) bond motifs is 2. The van der Waals surface area contributed by atoms with Crippen molar-refractivity contribution in [3.8, 4) is 22.8 Å². The molecule has 0 fully saturated rings. The number of Topliss-reactive ketones (excluding diaryl/α,β-unsaturated/α-hetero) is 1. The Morgan fingerprint density at radius 2 is 2.04 bits per heavy atom. The third-order valence-electron chi connectivity index (χ3n) is 3.62. The van der Waals surface area contributed by atoms with Crippen molar-refractivity contribution in [2.75, 3.05) is 13.9 Å². The molecule has 0 radical (unpaired) electrons. The number of ether oxygens (including phenoxy) is 3. The summed E-state index contributed by atoms with van der Waals surface area (Å²) < 4.78 is 20.6. The maximum Gasteiger partial charge on any atom is 0.331 e. The zero-order valence-corrected chi connectivity index (χ0v) is 13.9. The van der Waals surface area contributed by atoms with Gasteiger partial charge in [0.05, 0.1) is 19.4 Å². The number of carboxylic acids is 1. The van der Waals surface area contributed by atoms with Crippen LogP contribution >= 0.6 is 0 Å². The highest BCUT2D eigenvalue weighted by atomic mass is 16.7. The van der Waals surface area contributed by atoms with Crippen LogP contribution in [0.3, 0.4) is 0 Å². The summed E-state index contributed by atoms with van der Waals surface area (Å²) in [6.07, 6.45) is 6.18. The molecule has 0 spiro atoms. The predicted octanol–water partition coefficient (Wildman–Crippen LogP) is 3.51. The zero-order chi connectivity index (χ0) is 18.5. The summed E-state index contributed by atoms with van der Waals surface area (Å²) in [5.74, 6) is 1.56. The molecule has 0 unspecified atom stereocenters. The van der Waals surface area contributed by atoms with E-state index in [1.165, 1.54) is 7.11 Å². The number of methoxy groups -OCH3 is 1. The summed E-state index contributed by atoms with van der Waals surface area (Å²) in [5, 5.41) is 7.88. The second kappa shape index (κ2) is 7.60. The average Bonchev–Trinajstić information content (AvgIpc) is 3.27. The maximum atomic E-state index is 11.7. The molecule has 2 heterocycles. The zero-order valence-electron chi connectivity index (χ0n) is 13.9. The molecule has 0 atom stereocenters. The van der Waals surface area contributed by atoms with Crippen LogP contribution in [0.5, 0.6) is 11.5 Å². The third kappa shape index (κ3) is 3.77. The molecule has 0 bridgehead atoms. The van der Waals surface area contributed by atoms with Gasteiger partial charge >= 0.3 is 5.97 Å². The molecule has 0 amide bonds. The first kappa shape index (κ1) is 17.3. The first-order chi connectivity index (χ1) is 12.6. The largest absolute Gasteiger partial charge is 0.504 e. The lowest BCUT2D eigenvalue weighted by Gasteiger charge is -2.00. The summed E-state index contributed by atoms with van der Waals surface area (Å²) in [7, 11) is 1.39. The molecule has 7 nitrogen and oxygen atoms in total. The molecule has 2 aliphatic rings. The Hall–Kier alpha value is -3.48. The van der Waals surface area contributed by atoms with Crippen molar-refractivity contribution < 1.29 is 33.3 Å². The Labute approximate surface area is 149 Å². The number of furan rings is 1. The average molecular weight is 356 g/mol. The Kier molecular flexibility index (Phi) is 5.07. The van der Waals surface area contributed by atoms with Crippen molar-refractivity contribution in [1.29, 1.82) is 0 Å². The van der Waals surface area contributed by atoms with E-state index in [9.17, 15) is 9.59 Å². The molecule has 0 saturated carbocycles. The Balaban J connectivity index is 0.000000242. The van der Waals surface area contributed by atoms with Crippen molar-refractivity contribution in [3.63, 3.8) is 0 Å². The summed E-state index contributed by atoms with van der Waals surface area (Å²) in [4.78, 5) is 21.3. The smallest absolute Gasteiger partial charge is 0.331 e. The quantitative estimate of drug-likeness (QED) is 0.664. The fourth-order valence-electron chi connectivity index (χ4n) is 2.45. The van der Waals surface area contributed by atoms with Crippen LogP contribution in [0.25, 0.3) is 17.4 Å². The summed E-state index contributed by atoms with van der Waals surface area (Å²) >= 11 is 0. The van der Waals surface area contributed by atoms with Crippen LogP contribution < -0.4 is 9.47 Å². The highest BCUT2D eigenvalue weighted by Crippen LogP contribution is 2.37. The number of allylic oxidation sites excluding steroid dienone is 1. The summed E-state index contributed by atoms with van der Waals surface area (Å²) in [5.41, 5.74) is 1.71. The van der Waals surface area contributed by atoms with Crippen molar-refractivity contribution in [1.82, 2.24) is 0 Å².